The first-order valence-corrected chi connectivity index (χ1v) is 13.4. The van der Waals surface area contributed by atoms with Crippen molar-refractivity contribution in [3.8, 4) is 11.5 Å². The Morgan fingerprint density at radius 2 is 2.05 bits per heavy atom. The van der Waals surface area contributed by atoms with Crippen LogP contribution >= 0.6 is 0 Å². The molecule has 0 saturated heterocycles. The number of primary amides is 1. The summed E-state index contributed by atoms with van der Waals surface area (Å²) in [6, 6.07) is 7.41. The van der Waals surface area contributed by atoms with Crippen molar-refractivity contribution in [3.05, 3.63) is 64.9 Å². The number of halogens is 2. The largest absolute Gasteiger partial charge is 0.493 e. The first-order valence-electron chi connectivity index (χ1n) is 13.4. The summed E-state index contributed by atoms with van der Waals surface area (Å²) in [6.07, 6.45) is 4.82. The molecule has 1 aromatic heterocycles. The van der Waals surface area contributed by atoms with Crippen LogP contribution in [0.3, 0.4) is 0 Å². The number of carbonyl (C=O) groups excluding carboxylic acids is 1. The molecule has 0 unspecified atom stereocenters. The van der Waals surface area contributed by atoms with Gasteiger partial charge < -0.3 is 35.4 Å². The second kappa shape index (κ2) is 13.9. The lowest BCUT2D eigenvalue weighted by atomic mass is 10.2. The molecule has 1 aliphatic heterocycles. The number of fused-ring (bicyclic) bond motifs is 1. The number of aromatic nitrogens is 2. The fourth-order valence-electron chi connectivity index (χ4n) is 4.61. The van der Waals surface area contributed by atoms with Crippen LogP contribution in [0.15, 0.2) is 47.7 Å². The van der Waals surface area contributed by atoms with Crippen molar-refractivity contribution in [2.24, 2.45) is 10.7 Å². The molecule has 220 valence electrons. The van der Waals surface area contributed by atoms with Gasteiger partial charge in [0.05, 0.1) is 43.3 Å². The van der Waals surface area contributed by atoms with Crippen molar-refractivity contribution in [1.82, 2.24) is 14.7 Å². The van der Waals surface area contributed by atoms with Gasteiger partial charge in [-0.3, -0.25) is 14.5 Å². The molecule has 0 spiro atoms. The number of aliphatic hydroxyl groups excluding tert-OH is 1. The Bertz CT molecular complexity index is 1470. The van der Waals surface area contributed by atoms with Gasteiger partial charge in [-0.1, -0.05) is 13.0 Å². The maximum Gasteiger partial charge on any atom is 0.239 e. The van der Waals surface area contributed by atoms with E-state index < -0.39 is 17.5 Å². The van der Waals surface area contributed by atoms with Crippen molar-refractivity contribution >= 4 is 23.1 Å². The summed E-state index contributed by atoms with van der Waals surface area (Å²) in [5.74, 6) is -1.22. The van der Waals surface area contributed by atoms with E-state index in [-0.39, 0.29) is 25.5 Å². The zero-order valence-electron chi connectivity index (χ0n) is 23.1. The molecule has 0 atom stereocenters. The van der Waals surface area contributed by atoms with Gasteiger partial charge in [0.15, 0.2) is 23.1 Å². The van der Waals surface area contributed by atoms with Gasteiger partial charge in [0.1, 0.15) is 19.0 Å². The molecule has 3 aromatic rings. The van der Waals surface area contributed by atoms with Crippen LogP contribution in [0.4, 0.5) is 20.2 Å². The van der Waals surface area contributed by atoms with Crippen molar-refractivity contribution in [2.45, 2.75) is 26.3 Å². The number of rotatable bonds is 15. The Kier molecular flexibility index (Phi) is 10.1. The lowest BCUT2D eigenvalue weighted by Crippen LogP contribution is -2.43. The monoisotopic (exact) mass is 571 g/mol. The first-order chi connectivity index (χ1) is 19.8. The average Bonchev–Trinajstić information content (AvgIpc) is 3.38. The number of carbonyl (C=O) groups is 1. The average molecular weight is 572 g/mol. The molecule has 0 bridgehead atoms. The lowest BCUT2D eigenvalue weighted by Gasteiger charge is -2.29. The molecule has 1 aliphatic rings. The van der Waals surface area contributed by atoms with E-state index in [4.69, 9.17) is 15.2 Å². The van der Waals surface area contributed by atoms with Crippen molar-refractivity contribution in [1.29, 1.82) is 0 Å². The summed E-state index contributed by atoms with van der Waals surface area (Å²) in [6.45, 7) is 4.80. The lowest BCUT2D eigenvalue weighted by molar-refractivity contribution is -0.118. The number of nitrogens with zero attached hydrogens (tertiary/aromatic N) is 5. The maximum absolute atomic E-state index is 14.9. The van der Waals surface area contributed by atoms with Crippen LogP contribution in [-0.4, -0.2) is 72.3 Å². The molecule has 4 rings (SSSR count). The standard InChI is InChI=1S/C28H35F2N7O4/c1-3-8-35(10-11-38)9-5-12-41-25-14-22-20(13-24(25)40-2)28(34-19-15-33-36(16-19)17-26(31)39)37(18-32-22)23-7-4-6-21(29)27(23)30/h4,6-7,13-16,34,38H,3,5,8-12,17-18H2,1-2H3,(H2,31,39). The number of nitrogens with two attached hydrogens (primary N) is 1. The second-order valence-electron chi connectivity index (χ2n) is 9.45. The summed E-state index contributed by atoms with van der Waals surface area (Å²) in [4.78, 5) is 19.6. The molecule has 4 N–H and O–H groups in total. The minimum Gasteiger partial charge on any atom is -0.493 e. The van der Waals surface area contributed by atoms with Crippen LogP contribution in [0.25, 0.3) is 5.82 Å². The zero-order valence-corrected chi connectivity index (χ0v) is 23.1. The number of benzene rings is 2. The normalized spacial score (nSPS) is 12.7. The van der Waals surface area contributed by atoms with Gasteiger partial charge >= 0.3 is 0 Å². The molecule has 1 amide bonds. The highest BCUT2D eigenvalue weighted by Crippen LogP contribution is 2.28. The highest BCUT2D eigenvalue weighted by atomic mass is 19.2. The third-order valence-electron chi connectivity index (χ3n) is 6.46. The minimum atomic E-state index is -1.01. The van der Waals surface area contributed by atoms with Crippen LogP contribution in [0.2, 0.25) is 0 Å². The summed E-state index contributed by atoms with van der Waals surface area (Å²) in [7, 11) is 1.52. The Morgan fingerprint density at radius 3 is 2.78 bits per heavy atom. The van der Waals surface area contributed by atoms with Gasteiger partial charge in [-0.25, -0.2) is 8.78 Å². The smallest absolute Gasteiger partial charge is 0.239 e. The molecule has 0 saturated carbocycles. The molecule has 2 heterocycles. The molecule has 0 fully saturated rings. The predicted octanol–water partition coefficient (Wildman–Crippen LogP) is 1.40. The Labute approximate surface area is 236 Å². The quantitative estimate of drug-likeness (QED) is 0.234. The van der Waals surface area contributed by atoms with E-state index in [1.165, 1.54) is 35.0 Å². The molecular weight excluding hydrogens is 536 g/mol. The highest BCUT2D eigenvalue weighted by Gasteiger charge is 2.23. The van der Waals surface area contributed by atoms with Gasteiger partial charge in [-0.15, -0.1) is 0 Å². The summed E-state index contributed by atoms with van der Waals surface area (Å²) < 4.78 is 42.2. The van der Waals surface area contributed by atoms with Crippen LogP contribution in [0, 0.1) is 11.6 Å². The fraction of sp³-hybridized carbons (Fsp3) is 0.393. The molecule has 0 aliphatic carbocycles. The Balaban J connectivity index is 1.68. The number of hydrogen-bond acceptors (Lipinski definition) is 9. The highest BCUT2D eigenvalue weighted by molar-refractivity contribution is 5.78. The number of nitrogens with one attached hydrogen (secondary N) is 1. The second-order valence-corrected chi connectivity index (χ2v) is 9.45. The van der Waals surface area contributed by atoms with Crippen molar-refractivity contribution < 1.29 is 28.2 Å². The number of anilines is 2. The van der Waals surface area contributed by atoms with Crippen LogP contribution < -0.4 is 36.0 Å². The van der Waals surface area contributed by atoms with Gasteiger partial charge in [0, 0.05) is 30.6 Å². The van der Waals surface area contributed by atoms with E-state index in [1.54, 1.807) is 18.3 Å². The van der Waals surface area contributed by atoms with Crippen LogP contribution in [0.1, 0.15) is 19.8 Å². The SMILES string of the molecule is CCCN(CCO)CCCOc1cc2c(cc1OC)=C(Nc1cnn(CC(N)=O)c1)N(c1cccc(F)c1F)CN=2. The van der Waals surface area contributed by atoms with Crippen LogP contribution in [-0.2, 0) is 11.3 Å². The minimum absolute atomic E-state index is 0.00904. The molecule has 2 aromatic carbocycles. The maximum atomic E-state index is 14.9. The third kappa shape index (κ3) is 7.30. The predicted molar refractivity (Wildman–Crippen MR) is 150 cm³/mol. The third-order valence-corrected chi connectivity index (χ3v) is 6.46. The molecule has 11 nitrogen and oxygen atoms in total. The van der Waals surface area contributed by atoms with E-state index >= 15 is 0 Å². The summed E-state index contributed by atoms with van der Waals surface area (Å²) >= 11 is 0. The van der Waals surface area contributed by atoms with Gasteiger partial charge in [0.2, 0.25) is 5.91 Å². The van der Waals surface area contributed by atoms with E-state index in [2.05, 4.69) is 27.2 Å². The molecular formula is C28H35F2N7O4. The van der Waals surface area contributed by atoms with Crippen molar-refractivity contribution in [3.63, 3.8) is 0 Å². The molecule has 13 heteroatoms. The number of aliphatic hydroxyl groups is 1. The van der Waals surface area contributed by atoms with Crippen LogP contribution in [0.5, 0.6) is 11.5 Å². The summed E-state index contributed by atoms with van der Waals surface area (Å²) in [5.41, 5.74) is 5.77. The van der Waals surface area contributed by atoms with E-state index in [0.29, 0.717) is 46.7 Å². The fourth-order valence-corrected chi connectivity index (χ4v) is 4.61. The Hall–Kier alpha value is -4.23. The van der Waals surface area contributed by atoms with E-state index in [1.807, 2.05) is 0 Å². The zero-order chi connectivity index (χ0) is 29.4. The van der Waals surface area contributed by atoms with E-state index in [9.17, 15) is 18.7 Å². The number of methoxy groups -OCH3 is 1. The number of amides is 1. The number of ether oxygens (including phenoxy) is 2. The number of hydrogen-bond donors (Lipinski definition) is 3. The molecule has 0 radical (unpaired) electrons. The topological polar surface area (TPSA) is 130 Å². The van der Waals surface area contributed by atoms with Gasteiger partial charge in [0.25, 0.3) is 0 Å². The summed E-state index contributed by atoms with van der Waals surface area (Å²) in [5, 5.41) is 17.8. The van der Waals surface area contributed by atoms with Crippen molar-refractivity contribution in [2.75, 3.05) is 56.8 Å². The molecule has 41 heavy (non-hydrogen) atoms. The Morgan fingerprint density at radius 1 is 1.22 bits per heavy atom. The van der Waals surface area contributed by atoms with Gasteiger partial charge in [-0.2, -0.15) is 5.10 Å². The van der Waals surface area contributed by atoms with E-state index in [0.717, 1.165) is 32.0 Å². The van der Waals surface area contributed by atoms with Gasteiger partial charge in [-0.05, 0) is 37.6 Å². The first kappa shape index (κ1) is 29.7.